The number of rotatable bonds is 3. The van der Waals surface area contributed by atoms with Crippen molar-refractivity contribution in [3.8, 4) is 23.0 Å². The lowest BCUT2D eigenvalue weighted by Crippen LogP contribution is -2.30. The molecule has 10 heteroatoms. The van der Waals surface area contributed by atoms with E-state index in [1.165, 1.54) is 23.2 Å². The van der Waals surface area contributed by atoms with E-state index in [4.69, 9.17) is 9.47 Å². The minimum absolute atomic E-state index is 0.101. The highest BCUT2D eigenvalue weighted by atomic mass is 19.3. The summed E-state index contributed by atoms with van der Waals surface area (Å²) in [7, 11) is 0. The fourth-order valence-corrected chi connectivity index (χ4v) is 4.10. The predicted molar refractivity (Wildman–Crippen MR) is 117 cm³/mol. The van der Waals surface area contributed by atoms with E-state index in [2.05, 4.69) is 19.9 Å². The third-order valence-corrected chi connectivity index (χ3v) is 5.67. The van der Waals surface area contributed by atoms with Crippen LogP contribution in [0.1, 0.15) is 17.0 Å². The fourth-order valence-electron chi connectivity index (χ4n) is 4.10. The highest BCUT2D eigenvalue weighted by Gasteiger charge is 2.43. The quantitative estimate of drug-likeness (QED) is 0.603. The van der Waals surface area contributed by atoms with E-state index in [9.17, 15) is 13.6 Å². The smallest absolute Gasteiger partial charge is 0.454 e. The average Bonchev–Trinajstić information content (AvgIpc) is 3.54. The van der Waals surface area contributed by atoms with Crippen LogP contribution < -0.4 is 24.3 Å². The second-order valence-electron chi connectivity index (χ2n) is 7.86. The molecule has 3 aliphatic heterocycles. The van der Waals surface area contributed by atoms with Crippen LogP contribution in [0.4, 0.5) is 19.3 Å². The Balaban J connectivity index is 1.27. The Bertz CT molecular complexity index is 1320. The van der Waals surface area contributed by atoms with Crippen LogP contribution in [0.3, 0.4) is 0 Å². The van der Waals surface area contributed by atoms with Crippen molar-refractivity contribution in [2.45, 2.75) is 12.2 Å². The van der Waals surface area contributed by atoms with Crippen LogP contribution in [0, 0.1) is 0 Å². The van der Waals surface area contributed by atoms with Gasteiger partial charge >= 0.3 is 12.3 Å². The number of urea groups is 1. The third-order valence-electron chi connectivity index (χ3n) is 5.67. The van der Waals surface area contributed by atoms with Crippen LogP contribution in [-0.4, -0.2) is 36.4 Å². The second kappa shape index (κ2) is 7.62. The molecule has 0 radical (unpaired) electrons. The van der Waals surface area contributed by atoms with E-state index in [1.807, 2.05) is 48.5 Å². The van der Waals surface area contributed by atoms with Crippen molar-refractivity contribution in [3.05, 3.63) is 77.9 Å². The van der Waals surface area contributed by atoms with E-state index in [0.29, 0.717) is 11.5 Å². The highest BCUT2D eigenvalue weighted by molar-refractivity contribution is 6.08. The number of nitrogens with one attached hydrogen (secondary N) is 1. The number of hydrazone groups is 1. The van der Waals surface area contributed by atoms with E-state index in [1.54, 1.807) is 0 Å². The Morgan fingerprint density at radius 1 is 0.941 bits per heavy atom. The Labute approximate surface area is 192 Å². The molecule has 172 valence electrons. The van der Waals surface area contributed by atoms with Gasteiger partial charge in [-0.1, -0.05) is 36.4 Å². The molecule has 0 saturated carbocycles. The number of benzene rings is 3. The van der Waals surface area contributed by atoms with Gasteiger partial charge in [0.2, 0.25) is 6.79 Å². The Hall–Kier alpha value is -4.34. The summed E-state index contributed by atoms with van der Waals surface area (Å²) in [4.78, 5) is 13.0. The monoisotopic (exact) mass is 465 g/mol. The van der Waals surface area contributed by atoms with Gasteiger partial charge in [0.1, 0.15) is 0 Å². The zero-order valence-electron chi connectivity index (χ0n) is 17.5. The van der Waals surface area contributed by atoms with Gasteiger partial charge in [0.15, 0.2) is 23.0 Å². The van der Waals surface area contributed by atoms with Crippen molar-refractivity contribution in [2.75, 3.05) is 18.7 Å². The molecule has 0 saturated heterocycles. The number of carbonyl (C=O) groups excluding carboxylic acids is 1. The zero-order valence-corrected chi connectivity index (χ0v) is 17.5. The van der Waals surface area contributed by atoms with Gasteiger partial charge in [-0.25, -0.2) is 9.80 Å². The first kappa shape index (κ1) is 20.3. The summed E-state index contributed by atoms with van der Waals surface area (Å²) < 4.78 is 46.4. The van der Waals surface area contributed by atoms with Gasteiger partial charge in [-0.3, -0.25) is 0 Å². The molecule has 1 N–H and O–H groups in total. The molecule has 6 rings (SSSR count). The first-order chi connectivity index (χ1) is 16.4. The number of fused-ring (bicyclic) bond motifs is 2. The average molecular weight is 465 g/mol. The number of halogens is 2. The molecular weight excluding hydrogens is 448 g/mol. The molecule has 3 aromatic carbocycles. The van der Waals surface area contributed by atoms with Crippen molar-refractivity contribution in [1.82, 2.24) is 5.01 Å². The van der Waals surface area contributed by atoms with Crippen LogP contribution in [0.15, 0.2) is 71.8 Å². The van der Waals surface area contributed by atoms with Crippen LogP contribution in [-0.2, 0) is 0 Å². The molecule has 3 heterocycles. The summed E-state index contributed by atoms with van der Waals surface area (Å²) in [5.74, 6) is 0.846. The van der Waals surface area contributed by atoms with Crippen molar-refractivity contribution in [1.29, 1.82) is 0 Å². The number of hydrogen-bond donors (Lipinski definition) is 1. The summed E-state index contributed by atoms with van der Waals surface area (Å²) in [6, 6.07) is 18.8. The summed E-state index contributed by atoms with van der Waals surface area (Å²) in [6.07, 6.45) is -3.73. The third kappa shape index (κ3) is 3.62. The maximum Gasteiger partial charge on any atom is 0.586 e. The fraction of sp³-hybridized carbons (Fsp3) is 0.167. The summed E-state index contributed by atoms with van der Waals surface area (Å²) in [5.41, 5.74) is 2.80. The Kier molecular flexibility index (Phi) is 4.54. The first-order valence-electron chi connectivity index (χ1n) is 10.5. The van der Waals surface area contributed by atoms with Gasteiger partial charge in [0.25, 0.3) is 0 Å². The number of carbonyl (C=O) groups is 1. The summed E-state index contributed by atoms with van der Waals surface area (Å²) >= 11 is 0. The number of alkyl halides is 2. The van der Waals surface area contributed by atoms with Gasteiger partial charge in [0.05, 0.1) is 12.3 Å². The van der Waals surface area contributed by atoms with E-state index < -0.39 is 12.3 Å². The predicted octanol–water partition coefficient (Wildman–Crippen LogP) is 4.77. The SMILES string of the molecule is O=C(Nc1ccc2c(c1)OC(F)(F)O2)N1CC(c2ccc3c(c2)OCO3)C(c2ccccc2)=N1. The molecule has 34 heavy (non-hydrogen) atoms. The van der Waals surface area contributed by atoms with Gasteiger partial charge in [-0.15, -0.1) is 8.78 Å². The topological polar surface area (TPSA) is 81.6 Å². The zero-order chi connectivity index (χ0) is 23.3. The lowest BCUT2D eigenvalue weighted by molar-refractivity contribution is -0.286. The number of ether oxygens (including phenoxy) is 4. The molecule has 0 spiro atoms. The molecule has 0 aromatic heterocycles. The molecule has 0 aliphatic carbocycles. The largest absolute Gasteiger partial charge is 0.586 e. The van der Waals surface area contributed by atoms with Crippen LogP contribution >= 0.6 is 0 Å². The van der Waals surface area contributed by atoms with E-state index in [-0.39, 0.29) is 36.4 Å². The van der Waals surface area contributed by atoms with Crippen molar-refractivity contribution < 1.29 is 32.5 Å². The molecule has 3 aliphatic rings. The minimum atomic E-state index is -3.73. The lowest BCUT2D eigenvalue weighted by Gasteiger charge is -2.16. The second-order valence-corrected chi connectivity index (χ2v) is 7.86. The van der Waals surface area contributed by atoms with Gasteiger partial charge in [-0.2, -0.15) is 5.10 Å². The Morgan fingerprint density at radius 3 is 2.56 bits per heavy atom. The summed E-state index contributed by atoms with van der Waals surface area (Å²) in [5, 5.41) is 8.59. The lowest BCUT2D eigenvalue weighted by atomic mass is 9.90. The van der Waals surface area contributed by atoms with E-state index in [0.717, 1.165) is 16.8 Å². The van der Waals surface area contributed by atoms with Gasteiger partial charge < -0.3 is 24.3 Å². The maximum atomic E-state index is 13.3. The molecule has 3 aromatic rings. The minimum Gasteiger partial charge on any atom is -0.454 e. The van der Waals surface area contributed by atoms with Crippen LogP contribution in [0.2, 0.25) is 0 Å². The Morgan fingerprint density at radius 2 is 1.71 bits per heavy atom. The summed E-state index contributed by atoms with van der Waals surface area (Å²) in [6.45, 7) is 0.442. The number of hydrogen-bond acceptors (Lipinski definition) is 6. The standard InChI is InChI=1S/C24H17F2N3O5/c25-24(26)33-19-9-7-16(11-21(19)34-24)27-23(30)29-12-17(22(28-29)14-4-2-1-3-5-14)15-6-8-18-20(10-15)32-13-31-18/h1-11,17H,12-13H2,(H,27,30). The molecule has 0 bridgehead atoms. The molecule has 2 amide bonds. The first-order valence-corrected chi connectivity index (χ1v) is 10.5. The molecule has 8 nitrogen and oxygen atoms in total. The number of nitrogens with zero attached hydrogens (tertiary/aromatic N) is 2. The van der Waals surface area contributed by atoms with Gasteiger partial charge in [0, 0.05) is 17.7 Å². The molecule has 0 fully saturated rings. The molecule has 1 atom stereocenters. The van der Waals surface area contributed by atoms with E-state index >= 15 is 0 Å². The molecule has 1 unspecified atom stereocenters. The van der Waals surface area contributed by atoms with Crippen molar-refractivity contribution in [3.63, 3.8) is 0 Å². The van der Waals surface area contributed by atoms with Crippen molar-refractivity contribution >= 4 is 17.4 Å². The molecular formula is C24H17F2N3O5. The normalized spacial score (nSPS) is 19.2. The maximum absolute atomic E-state index is 13.3. The van der Waals surface area contributed by atoms with Gasteiger partial charge in [-0.05, 0) is 35.4 Å². The van der Waals surface area contributed by atoms with Crippen LogP contribution in [0.5, 0.6) is 23.0 Å². The number of anilines is 1. The highest BCUT2D eigenvalue weighted by Crippen LogP contribution is 2.42. The number of amides is 2. The van der Waals surface area contributed by atoms with Crippen LogP contribution in [0.25, 0.3) is 0 Å². The van der Waals surface area contributed by atoms with Crippen molar-refractivity contribution in [2.24, 2.45) is 5.10 Å².